The van der Waals surface area contributed by atoms with Gasteiger partial charge in [-0.2, -0.15) is 4.31 Å². The van der Waals surface area contributed by atoms with E-state index < -0.39 is 14.9 Å². The number of para-hydroxylation sites is 1. The van der Waals surface area contributed by atoms with E-state index >= 15 is 0 Å². The molecule has 1 fully saturated rings. The highest BCUT2D eigenvalue weighted by Crippen LogP contribution is 2.29. The molecule has 9 heteroatoms. The van der Waals surface area contributed by atoms with Gasteiger partial charge in [0.15, 0.2) is 0 Å². The lowest BCUT2D eigenvalue weighted by Crippen LogP contribution is -2.49. The maximum absolute atomic E-state index is 14.0. The minimum Gasteiger partial charge on any atom is -0.367 e. The molecule has 0 bridgehead atoms. The fourth-order valence-electron chi connectivity index (χ4n) is 3.20. The van der Waals surface area contributed by atoms with Crippen molar-refractivity contribution in [1.29, 1.82) is 0 Å². The Balaban J connectivity index is 1.86. The van der Waals surface area contributed by atoms with Crippen LogP contribution in [-0.2, 0) is 10.0 Å². The molecule has 144 valence electrons. The van der Waals surface area contributed by atoms with Crippen molar-refractivity contribution >= 4 is 21.4 Å². The van der Waals surface area contributed by atoms with Gasteiger partial charge in [0.25, 0.3) is 5.69 Å². The van der Waals surface area contributed by atoms with Gasteiger partial charge < -0.3 is 4.90 Å². The van der Waals surface area contributed by atoms with Crippen molar-refractivity contribution < 1.29 is 17.7 Å². The lowest BCUT2D eigenvalue weighted by Gasteiger charge is -2.35. The lowest BCUT2D eigenvalue weighted by atomic mass is 10.1. The van der Waals surface area contributed by atoms with Crippen LogP contribution in [0.2, 0.25) is 0 Å². The molecule has 0 atom stereocenters. The van der Waals surface area contributed by atoms with Gasteiger partial charge in [-0.1, -0.05) is 12.1 Å². The van der Waals surface area contributed by atoms with Crippen molar-refractivity contribution in [2.24, 2.45) is 0 Å². The molecule has 0 spiro atoms. The summed E-state index contributed by atoms with van der Waals surface area (Å²) in [5.74, 6) is -0.348. The second-order valence-corrected chi connectivity index (χ2v) is 8.39. The van der Waals surface area contributed by atoms with Crippen LogP contribution in [0.3, 0.4) is 0 Å². The summed E-state index contributed by atoms with van der Waals surface area (Å²) in [5.41, 5.74) is 1.24. The standard InChI is InChI=1S/C18H20FN3O4S/c1-13-11-15(22(23)24)12-18(14(13)2)27(25,26)21-9-7-20(8-10-21)17-6-4-3-5-16(17)19/h3-6,11-12H,7-10H2,1-2H3. The van der Waals surface area contributed by atoms with Crippen LogP contribution in [0.1, 0.15) is 11.1 Å². The minimum atomic E-state index is -3.88. The first-order chi connectivity index (χ1) is 12.7. The van der Waals surface area contributed by atoms with Gasteiger partial charge in [0.2, 0.25) is 10.0 Å². The van der Waals surface area contributed by atoms with Gasteiger partial charge >= 0.3 is 0 Å². The maximum Gasteiger partial charge on any atom is 0.271 e. The Kier molecular flexibility index (Phi) is 5.16. The molecule has 7 nitrogen and oxygen atoms in total. The highest BCUT2D eigenvalue weighted by Gasteiger charge is 2.32. The Morgan fingerprint density at radius 1 is 1.07 bits per heavy atom. The van der Waals surface area contributed by atoms with Crippen molar-refractivity contribution in [1.82, 2.24) is 4.31 Å². The molecule has 0 N–H and O–H groups in total. The molecule has 0 aliphatic carbocycles. The second kappa shape index (κ2) is 7.24. The van der Waals surface area contributed by atoms with E-state index in [0.717, 1.165) is 6.07 Å². The number of nitro benzene ring substituents is 1. The van der Waals surface area contributed by atoms with Crippen LogP contribution in [0.25, 0.3) is 0 Å². The third-order valence-electron chi connectivity index (χ3n) is 4.86. The number of nitro groups is 1. The van der Waals surface area contributed by atoms with Crippen LogP contribution < -0.4 is 4.90 Å². The predicted octanol–water partition coefficient (Wildman–Crippen LogP) is 2.86. The summed E-state index contributed by atoms with van der Waals surface area (Å²) in [4.78, 5) is 12.3. The van der Waals surface area contributed by atoms with E-state index in [2.05, 4.69) is 0 Å². The van der Waals surface area contributed by atoms with E-state index in [1.165, 1.54) is 16.4 Å². The van der Waals surface area contributed by atoms with Crippen LogP contribution in [-0.4, -0.2) is 43.8 Å². The molecule has 1 heterocycles. The number of hydrogen-bond acceptors (Lipinski definition) is 5. The quantitative estimate of drug-likeness (QED) is 0.589. The van der Waals surface area contributed by atoms with Gasteiger partial charge in [0.1, 0.15) is 5.82 Å². The highest BCUT2D eigenvalue weighted by molar-refractivity contribution is 7.89. The summed E-state index contributed by atoms with van der Waals surface area (Å²) in [6.45, 7) is 4.33. The topological polar surface area (TPSA) is 83.8 Å². The average Bonchev–Trinajstić information content (AvgIpc) is 2.64. The van der Waals surface area contributed by atoms with Crippen LogP contribution in [0.4, 0.5) is 15.8 Å². The number of nitrogens with zero attached hydrogens (tertiary/aromatic N) is 3. The third kappa shape index (κ3) is 3.65. The summed E-state index contributed by atoms with van der Waals surface area (Å²) in [6, 6.07) is 8.84. The molecule has 0 radical (unpaired) electrons. The molecule has 1 saturated heterocycles. The highest BCUT2D eigenvalue weighted by atomic mass is 32.2. The van der Waals surface area contributed by atoms with Gasteiger partial charge in [-0.05, 0) is 37.1 Å². The van der Waals surface area contributed by atoms with Crippen molar-refractivity contribution in [3.8, 4) is 0 Å². The third-order valence-corrected chi connectivity index (χ3v) is 6.89. The van der Waals surface area contributed by atoms with Crippen molar-refractivity contribution in [2.45, 2.75) is 18.7 Å². The smallest absolute Gasteiger partial charge is 0.271 e. The molecule has 27 heavy (non-hydrogen) atoms. The maximum atomic E-state index is 14.0. The number of rotatable bonds is 4. The number of halogens is 1. The van der Waals surface area contributed by atoms with Crippen LogP contribution in [0, 0.1) is 29.8 Å². The van der Waals surface area contributed by atoms with Gasteiger partial charge in [-0.3, -0.25) is 10.1 Å². The normalized spacial score (nSPS) is 15.7. The largest absolute Gasteiger partial charge is 0.367 e. The van der Waals surface area contributed by atoms with Crippen molar-refractivity contribution in [3.05, 3.63) is 63.5 Å². The number of piperazine rings is 1. The number of hydrogen-bond donors (Lipinski definition) is 0. The molecular weight excluding hydrogens is 373 g/mol. The Hall–Kier alpha value is -2.52. The summed E-state index contributed by atoms with van der Waals surface area (Å²) in [7, 11) is -3.88. The SMILES string of the molecule is Cc1cc([N+](=O)[O-])cc(S(=O)(=O)N2CCN(c3ccccc3F)CC2)c1C. The van der Waals surface area contributed by atoms with Crippen molar-refractivity contribution in [2.75, 3.05) is 31.1 Å². The molecule has 3 rings (SSSR count). The molecule has 2 aromatic carbocycles. The molecule has 0 unspecified atom stereocenters. The van der Waals surface area contributed by atoms with Crippen LogP contribution >= 0.6 is 0 Å². The number of benzene rings is 2. The fraction of sp³-hybridized carbons (Fsp3) is 0.333. The zero-order chi connectivity index (χ0) is 19.8. The van der Waals surface area contributed by atoms with E-state index in [4.69, 9.17) is 0 Å². The zero-order valence-corrected chi connectivity index (χ0v) is 15.9. The first-order valence-electron chi connectivity index (χ1n) is 8.47. The number of anilines is 1. The number of sulfonamides is 1. The first-order valence-corrected chi connectivity index (χ1v) is 9.91. The fourth-order valence-corrected chi connectivity index (χ4v) is 4.94. The van der Waals surface area contributed by atoms with E-state index in [-0.39, 0.29) is 29.5 Å². The lowest BCUT2D eigenvalue weighted by molar-refractivity contribution is -0.385. The Morgan fingerprint density at radius 3 is 2.30 bits per heavy atom. The first kappa shape index (κ1) is 19.2. The molecule has 0 amide bonds. The molecule has 1 aliphatic heterocycles. The molecular formula is C18H20FN3O4S. The van der Waals surface area contributed by atoms with Gasteiger partial charge in [0.05, 0.1) is 15.5 Å². The zero-order valence-electron chi connectivity index (χ0n) is 15.1. The second-order valence-electron chi connectivity index (χ2n) is 6.49. The minimum absolute atomic E-state index is 0.0476. The van der Waals surface area contributed by atoms with Gasteiger partial charge in [0, 0.05) is 38.3 Å². The number of non-ortho nitro benzene ring substituents is 1. The Bertz CT molecular complexity index is 986. The summed E-state index contributed by atoms with van der Waals surface area (Å²) >= 11 is 0. The van der Waals surface area contributed by atoms with E-state index in [9.17, 15) is 22.9 Å². The van der Waals surface area contributed by atoms with Crippen molar-refractivity contribution in [3.63, 3.8) is 0 Å². The summed E-state index contributed by atoms with van der Waals surface area (Å²) < 4.78 is 41.4. The predicted molar refractivity (Wildman–Crippen MR) is 99.9 cm³/mol. The van der Waals surface area contributed by atoms with E-state index in [1.807, 2.05) is 0 Å². The molecule has 2 aromatic rings. The Labute approximate surface area is 157 Å². The van der Waals surface area contributed by atoms with Crippen LogP contribution in [0.5, 0.6) is 0 Å². The summed E-state index contributed by atoms with van der Waals surface area (Å²) in [6.07, 6.45) is 0. The Morgan fingerprint density at radius 2 is 1.70 bits per heavy atom. The average molecular weight is 393 g/mol. The van der Waals surface area contributed by atoms with Gasteiger partial charge in [-0.15, -0.1) is 0 Å². The number of aryl methyl sites for hydroxylation is 1. The molecule has 1 aliphatic rings. The molecule has 0 aromatic heterocycles. The summed E-state index contributed by atoms with van der Waals surface area (Å²) in [5, 5.41) is 11.1. The van der Waals surface area contributed by atoms with E-state index in [1.54, 1.807) is 36.9 Å². The monoisotopic (exact) mass is 393 g/mol. The van der Waals surface area contributed by atoms with Gasteiger partial charge in [-0.25, -0.2) is 12.8 Å². The van der Waals surface area contributed by atoms with Crippen LogP contribution in [0.15, 0.2) is 41.3 Å². The van der Waals surface area contributed by atoms with E-state index in [0.29, 0.717) is 29.9 Å². The molecule has 0 saturated carbocycles.